The van der Waals surface area contributed by atoms with Crippen molar-refractivity contribution in [2.45, 2.75) is 55.6 Å². The molecule has 18 heteroatoms. The topological polar surface area (TPSA) is 192 Å². The molecular formula is C36H38N8O8S2. The Balaban J connectivity index is 1.21. The van der Waals surface area contributed by atoms with Gasteiger partial charge in [0.05, 0.1) is 6.54 Å². The third kappa shape index (κ3) is 8.77. The van der Waals surface area contributed by atoms with Gasteiger partial charge in [0.25, 0.3) is 11.8 Å². The number of oxime groups is 1. The van der Waals surface area contributed by atoms with Gasteiger partial charge >= 0.3 is 12.1 Å². The molecule has 2 aliphatic rings. The molecule has 4 aromatic rings. The smallest absolute Gasteiger partial charge is 0.408 e. The third-order valence-corrected chi connectivity index (χ3v) is 10.4. The van der Waals surface area contributed by atoms with Crippen LogP contribution in [-0.4, -0.2) is 90.3 Å². The number of rotatable bonds is 13. The molecule has 2 aliphatic heterocycles. The summed E-state index contributed by atoms with van der Waals surface area (Å²) in [6.45, 7) is 5.22. The lowest BCUT2D eigenvalue weighted by molar-refractivity contribution is -0.154. The Morgan fingerprint density at radius 2 is 1.74 bits per heavy atom. The van der Waals surface area contributed by atoms with E-state index in [0.29, 0.717) is 28.0 Å². The van der Waals surface area contributed by atoms with Crippen molar-refractivity contribution in [3.8, 4) is 0 Å². The molecule has 16 nitrogen and oxygen atoms in total. The Morgan fingerprint density at radius 1 is 1.06 bits per heavy atom. The van der Waals surface area contributed by atoms with Crippen LogP contribution in [0.15, 0.2) is 98.8 Å². The molecule has 0 spiro atoms. The van der Waals surface area contributed by atoms with Gasteiger partial charge in [-0.05, 0) is 60.0 Å². The standard InChI is InChI=1S/C36H38N8O8S2/c1-36(2,3)52-35(48)37-18-24-16-17-25(50-24)26(40-49-5)30(45)38-27-31(46)44-28(23(19-53-32(27)44)20-54-34-39-41-42-43(34)4)33(47)51-29(21-12-8-6-9-13-21)22-14-10-7-11-15-22/h6-17,27,29,32H,18-20H2,1-5H3,(H,37,48)(H,38,45)/t27-,32+/m1/s1. The normalized spacial score (nSPS) is 17.1. The van der Waals surface area contributed by atoms with Crippen molar-refractivity contribution < 1.29 is 37.9 Å². The van der Waals surface area contributed by atoms with E-state index < -0.39 is 47.0 Å². The molecule has 0 aliphatic carbocycles. The molecule has 1 fully saturated rings. The average Bonchev–Trinajstić information content (AvgIpc) is 3.81. The molecule has 0 bridgehead atoms. The number of nitrogens with zero attached hydrogens (tertiary/aromatic N) is 6. The predicted molar refractivity (Wildman–Crippen MR) is 198 cm³/mol. The summed E-state index contributed by atoms with van der Waals surface area (Å²) in [7, 11) is 2.98. The second-order valence-electron chi connectivity index (χ2n) is 13.0. The fourth-order valence-electron chi connectivity index (χ4n) is 5.60. The number of thioether (sulfide) groups is 2. The van der Waals surface area contributed by atoms with Gasteiger partial charge in [0.1, 0.15) is 35.6 Å². The highest BCUT2D eigenvalue weighted by atomic mass is 32.2. The number of ether oxygens (including phenoxy) is 2. The first kappa shape index (κ1) is 38.1. The van der Waals surface area contributed by atoms with Crippen molar-refractivity contribution in [1.29, 1.82) is 0 Å². The number of nitrogens with one attached hydrogen (secondary N) is 2. The van der Waals surface area contributed by atoms with Gasteiger partial charge in [0.15, 0.2) is 11.9 Å². The number of carbonyl (C=O) groups excluding carboxylic acids is 4. The van der Waals surface area contributed by atoms with E-state index in [1.807, 2.05) is 60.7 Å². The number of carbonyl (C=O) groups is 4. The van der Waals surface area contributed by atoms with Crippen LogP contribution in [0.3, 0.4) is 0 Å². The van der Waals surface area contributed by atoms with Gasteiger partial charge in [0, 0.05) is 18.6 Å². The van der Waals surface area contributed by atoms with Crippen LogP contribution in [0.2, 0.25) is 0 Å². The van der Waals surface area contributed by atoms with Gasteiger partial charge in [-0.2, -0.15) is 0 Å². The summed E-state index contributed by atoms with van der Waals surface area (Å²) in [5.41, 5.74) is 1.36. The number of hydrogen-bond donors (Lipinski definition) is 2. The molecule has 2 aromatic heterocycles. The Labute approximate surface area is 319 Å². The minimum Gasteiger partial charge on any atom is -0.457 e. The zero-order valence-electron chi connectivity index (χ0n) is 30.0. The van der Waals surface area contributed by atoms with Gasteiger partial charge in [-0.3, -0.25) is 14.5 Å². The van der Waals surface area contributed by atoms with E-state index in [9.17, 15) is 19.2 Å². The van der Waals surface area contributed by atoms with Crippen LogP contribution in [0, 0.1) is 0 Å². The van der Waals surface area contributed by atoms with Gasteiger partial charge < -0.3 is 29.4 Å². The van der Waals surface area contributed by atoms with Crippen molar-refractivity contribution in [3.63, 3.8) is 0 Å². The maximum atomic E-state index is 14.3. The summed E-state index contributed by atoms with van der Waals surface area (Å²) in [5.74, 6) is -0.914. The molecular weight excluding hydrogens is 737 g/mol. The summed E-state index contributed by atoms with van der Waals surface area (Å²) in [4.78, 5) is 60.3. The fraction of sp³-hybridized carbons (Fsp3) is 0.333. The number of β-lactam (4-membered cyclic amide) rings is 1. The SMILES string of the molecule is CON=C(C(=O)N[C@@H]1C(=O)N2C(C(=O)OC(c3ccccc3)c3ccccc3)=C(CSc3nnnn3C)CS[C@@H]12)c1ccc(CNC(=O)OC(C)(C)C)o1. The van der Waals surface area contributed by atoms with E-state index in [1.165, 1.54) is 46.3 Å². The summed E-state index contributed by atoms with van der Waals surface area (Å²) in [5, 5.41) is 20.7. The molecule has 0 radical (unpaired) electrons. The summed E-state index contributed by atoms with van der Waals surface area (Å²) in [6.07, 6.45) is -1.39. The van der Waals surface area contributed by atoms with Crippen LogP contribution in [-0.2, 0) is 42.3 Å². The van der Waals surface area contributed by atoms with E-state index in [0.717, 1.165) is 11.1 Å². The predicted octanol–water partition coefficient (Wildman–Crippen LogP) is 3.96. The molecule has 1 saturated heterocycles. The van der Waals surface area contributed by atoms with E-state index >= 15 is 0 Å². The molecule has 54 heavy (non-hydrogen) atoms. The molecule has 2 atom stereocenters. The molecule has 0 saturated carbocycles. The van der Waals surface area contributed by atoms with Crippen molar-refractivity contribution in [2.75, 3.05) is 18.6 Å². The minimum atomic E-state index is -1.01. The minimum absolute atomic E-state index is 0.0139. The van der Waals surface area contributed by atoms with Crippen molar-refractivity contribution in [1.82, 2.24) is 35.7 Å². The highest BCUT2D eigenvalue weighted by Crippen LogP contribution is 2.42. The number of hydrogen-bond acceptors (Lipinski definition) is 14. The van der Waals surface area contributed by atoms with Crippen molar-refractivity contribution >= 4 is 53.1 Å². The summed E-state index contributed by atoms with van der Waals surface area (Å²) < 4.78 is 18.8. The van der Waals surface area contributed by atoms with E-state index in [4.69, 9.17) is 18.7 Å². The van der Waals surface area contributed by atoms with Crippen LogP contribution < -0.4 is 10.6 Å². The summed E-state index contributed by atoms with van der Waals surface area (Å²) in [6, 6.07) is 20.7. The quantitative estimate of drug-likeness (QED) is 0.0653. The second kappa shape index (κ2) is 16.6. The number of esters is 1. The van der Waals surface area contributed by atoms with Gasteiger partial charge in [-0.25, -0.2) is 14.3 Å². The second-order valence-corrected chi connectivity index (χ2v) is 15.1. The van der Waals surface area contributed by atoms with Crippen LogP contribution in [0.4, 0.5) is 4.79 Å². The van der Waals surface area contributed by atoms with E-state index in [1.54, 1.807) is 33.9 Å². The lowest BCUT2D eigenvalue weighted by Gasteiger charge is -2.49. The van der Waals surface area contributed by atoms with Crippen LogP contribution >= 0.6 is 23.5 Å². The molecule has 6 rings (SSSR count). The molecule has 2 aromatic carbocycles. The van der Waals surface area contributed by atoms with Gasteiger partial charge in [0.2, 0.25) is 10.9 Å². The number of aryl methyl sites for hydroxylation is 1. The average molecular weight is 775 g/mol. The number of fused-ring (bicyclic) bond motifs is 1. The maximum absolute atomic E-state index is 14.3. The van der Waals surface area contributed by atoms with Crippen molar-refractivity contribution in [2.24, 2.45) is 12.2 Å². The Kier molecular flexibility index (Phi) is 11.7. The highest BCUT2D eigenvalue weighted by Gasteiger charge is 2.55. The monoisotopic (exact) mass is 774 g/mol. The van der Waals surface area contributed by atoms with E-state index in [2.05, 4.69) is 31.3 Å². The van der Waals surface area contributed by atoms with Crippen LogP contribution in [0.5, 0.6) is 0 Å². The zero-order valence-corrected chi connectivity index (χ0v) is 31.7. The maximum Gasteiger partial charge on any atom is 0.408 e. The van der Waals surface area contributed by atoms with Crippen LogP contribution in [0.25, 0.3) is 0 Å². The lowest BCUT2D eigenvalue weighted by atomic mass is 10.0. The molecule has 3 amide bonds. The molecule has 282 valence electrons. The Hall–Kier alpha value is -5.62. The number of aromatic nitrogens is 4. The first-order chi connectivity index (χ1) is 25.9. The first-order valence-corrected chi connectivity index (χ1v) is 18.8. The number of amides is 3. The zero-order chi connectivity index (χ0) is 38.4. The van der Waals surface area contributed by atoms with Crippen molar-refractivity contribution in [3.05, 3.63) is 107 Å². The van der Waals surface area contributed by atoms with Gasteiger partial charge in [-0.15, -0.1) is 16.9 Å². The molecule has 4 heterocycles. The molecule has 0 unspecified atom stereocenters. The first-order valence-electron chi connectivity index (χ1n) is 16.7. The third-order valence-electron chi connectivity index (χ3n) is 8.01. The summed E-state index contributed by atoms with van der Waals surface area (Å²) >= 11 is 2.71. The van der Waals surface area contributed by atoms with Crippen LogP contribution in [0.1, 0.15) is 49.5 Å². The lowest BCUT2D eigenvalue weighted by Crippen LogP contribution is -2.71. The Morgan fingerprint density at radius 3 is 2.35 bits per heavy atom. The number of benzene rings is 2. The number of alkyl carbamates (subject to hydrolysis) is 1. The Bertz CT molecular complexity index is 2020. The number of tetrazole rings is 1. The largest absolute Gasteiger partial charge is 0.457 e. The van der Waals surface area contributed by atoms with Gasteiger partial charge in [-0.1, -0.05) is 77.6 Å². The fourth-order valence-corrected chi connectivity index (χ4v) is 7.93. The highest BCUT2D eigenvalue weighted by molar-refractivity contribution is 8.01. The molecule has 2 N–H and O–H groups in total. The van der Waals surface area contributed by atoms with E-state index in [-0.39, 0.29) is 23.7 Å². The number of furan rings is 1.